The van der Waals surface area contributed by atoms with Crippen molar-refractivity contribution in [2.75, 3.05) is 12.4 Å². The third kappa shape index (κ3) is 184. The molecular formula is C68H167NOS. The fourth-order valence-electron chi connectivity index (χ4n) is 3.25. The first-order valence-corrected chi connectivity index (χ1v) is 24.8. The van der Waals surface area contributed by atoms with Gasteiger partial charge in [-0.15, -0.1) is 0 Å². The Balaban J connectivity index is -0.0000000319. The number of aliphatic imine (C=N–C) groups is 1. The van der Waals surface area contributed by atoms with Crippen molar-refractivity contribution >= 4 is 18.0 Å². The van der Waals surface area contributed by atoms with E-state index in [9.17, 15) is 0 Å². The summed E-state index contributed by atoms with van der Waals surface area (Å²) in [6.07, 6.45) is 11.9. The van der Waals surface area contributed by atoms with Crippen LogP contribution in [0.2, 0.25) is 0 Å². The molecule has 0 unspecified atom stereocenters. The second-order valence-electron chi connectivity index (χ2n) is 31.0. The molecule has 0 N–H and O–H groups in total. The van der Waals surface area contributed by atoms with Crippen LogP contribution in [-0.4, -0.2) is 34.5 Å². The molecule has 456 valence electrons. The standard InChI is InChI=1S/2C10H22.C10H20.C9H19N.C9H20O.C9H20S.11CH4/c3*1-9(2,3)7-8-10(4,5)6;3*1-8(2,3)7-10-9(4,5)6;;;;;;;;;;;/h2*7-8H2,1-6H3;7-8H,1-6H3;7H,1-6H3;2*7H2,1-6H3;11*1H4. The van der Waals surface area contributed by atoms with Gasteiger partial charge in [0, 0.05) is 11.0 Å². The molecule has 0 aliphatic heterocycles. The SMILES string of the molecule is C.C.C.C.C.C.C.C.C.C.C.CC(C)(C)C=CC(C)(C)C.CC(C)(C)C=NC(C)(C)C.CC(C)(C)CCC(C)(C)C.CC(C)(C)CCC(C)(C)C.CC(C)(C)COC(C)(C)C.CC(C)(C)CSC(C)(C)C. The molecule has 0 aliphatic carbocycles. The van der Waals surface area contributed by atoms with E-state index >= 15 is 0 Å². The van der Waals surface area contributed by atoms with Crippen LogP contribution in [0.1, 0.15) is 357 Å². The topological polar surface area (TPSA) is 21.6 Å². The number of hydrogen-bond acceptors (Lipinski definition) is 3. The summed E-state index contributed by atoms with van der Waals surface area (Å²) < 4.78 is 6.02. The Morgan fingerprint density at radius 2 is 0.535 bits per heavy atom. The van der Waals surface area contributed by atoms with Gasteiger partial charge in [0.2, 0.25) is 0 Å². The molecule has 0 spiro atoms. The average Bonchev–Trinajstić information content (AvgIpc) is 2.89. The Morgan fingerprint density at radius 3 is 0.606 bits per heavy atom. The quantitative estimate of drug-likeness (QED) is 0.207. The summed E-state index contributed by atoms with van der Waals surface area (Å²) in [5.74, 6) is 1.25. The Bertz CT molecular complexity index is 835. The predicted octanol–water partition coefficient (Wildman–Crippen LogP) is 27.7. The zero-order valence-electron chi connectivity index (χ0n) is 49.2. The van der Waals surface area contributed by atoms with Gasteiger partial charge < -0.3 is 4.74 Å². The highest BCUT2D eigenvalue weighted by atomic mass is 32.2. The fraction of sp³-hybridized carbons (Fsp3) is 0.956. The van der Waals surface area contributed by atoms with E-state index in [-0.39, 0.29) is 104 Å². The van der Waals surface area contributed by atoms with Crippen molar-refractivity contribution in [1.29, 1.82) is 0 Å². The minimum Gasteiger partial charge on any atom is -0.375 e. The summed E-state index contributed by atoms with van der Waals surface area (Å²) in [5, 5.41) is 0. The Kier molecular flexibility index (Phi) is 78.8. The summed E-state index contributed by atoms with van der Waals surface area (Å²) in [4.78, 5) is 4.40. The lowest BCUT2D eigenvalue weighted by atomic mass is 9.81. The molecule has 0 saturated heterocycles. The first-order chi connectivity index (χ1) is 25.2. The molecule has 0 aromatic rings. The minimum atomic E-state index is 0. The lowest BCUT2D eigenvalue weighted by Gasteiger charge is -2.26. The Hall–Kier alpha value is -0.280. The third-order valence-corrected chi connectivity index (χ3v) is 8.93. The highest BCUT2D eigenvalue weighted by Crippen LogP contribution is 2.31. The second-order valence-corrected chi connectivity index (χ2v) is 32.8. The van der Waals surface area contributed by atoms with E-state index in [2.05, 4.69) is 266 Å². The molecule has 0 rings (SSSR count). The van der Waals surface area contributed by atoms with Crippen molar-refractivity contribution in [2.24, 2.45) is 53.7 Å². The lowest BCUT2D eigenvalue weighted by molar-refractivity contribution is -0.0382. The molecule has 3 heteroatoms. The number of ether oxygens (including phenoxy) is 1. The van der Waals surface area contributed by atoms with E-state index in [0.717, 1.165) is 6.61 Å². The van der Waals surface area contributed by atoms with Crippen LogP contribution < -0.4 is 0 Å². The summed E-state index contributed by atoms with van der Waals surface area (Å²) in [5.41, 5.74) is 3.74. The van der Waals surface area contributed by atoms with Crippen molar-refractivity contribution in [3.8, 4) is 0 Å². The van der Waals surface area contributed by atoms with E-state index in [1.54, 1.807) is 0 Å². The lowest BCUT2D eigenvalue weighted by Crippen LogP contribution is -2.26. The van der Waals surface area contributed by atoms with Gasteiger partial charge in [-0.05, 0) is 122 Å². The second kappa shape index (κ2) is 47.0. The van der Waals surface area contributed by atoms with Crippen LogP contribution in [0.15, 0.2) is 17.1 Å². The molecule has 2 nitrogen and oxygen atoms in total. The van der Waals surface area contributed by atoms with Crippen molar-refractivity contribution < 1.29 is 4.74 Å². The maximum Gasteiger partial charge on any atom is 0.0598 e. The zero-order valence-corrected chi connectivity index (χ0v) is 50.1. The molecule has 0 aromatic carbocycles. The zero-order chi connectivity index (χ0) is 50.5. The van der Waals surface area contributed by atoms with E-state index in [1.165, 1.54) is 31.4 Å². The van der Waals surface area contributed by atoms with Gasteiger partial charge in [0.15, 0.2) is 0 Å². The Morgan fingerprint density at radius 1 is 0.310 bits per heavy atom. The van der Waals surface area contributed by atoms with Gasteiger partial charge in [-0.1, -0.05) is 302 Å². The van der Waals surface area contributed by atoms with Crippen molar-refractivity contribution in [2.45, 2.75) is 373 Å². The van der Waals surface area contributed by atoms with Gasteiger partial charge in [0.1, 0.15) is 0 Å². The molecule has 0 aliphatic rings. The smallest absolute Gasteiger partial charge is 0.0598 e. The minimum absolute atomic E-state index is 0. The first kappa shape index (κ1) is 119. The molecule has 0 radical (unpaired) electrons. The van der Waals surface area contributed by atoms with E-state index < -0.39 is 0 Å². The summed E-state index contributed by atoms with van der Waals surface area (Å²) in [6.45, 7) is 81.0. The van der Waals surface area contributed by atoms with Crippen LogP contribution in [0.4, 0.5) is 0 Å². The van der Waals surface area contributed by atoms with Crippen LogP contribution in [0.25, 0.3) is 0 Å². The first-order valence-electron chi connectivity index (χ1n) is 23.8. The summed E-state index contributed by atoms with van der Waals surface area (Å²) in [6, 6.07) is 0. The number of thioether (sulfide) groups is 1. The van der Waals surface area contributed by atoms with Crippen LogP contribution in [0.5, 0.6) is 0 Å². The van der Waals surface area contributed by atoms with E-state index in [1.807, 2.05) is 18.0 Å². The largest absolute Gasteiger partial charge is 0.375 e. The molecule has 0 amide bonds. The average molecular weight is 1050 g/mol. The summed E-state index contributed by atoms with van der Waals surface area (Å²) >= 11 is 2.04. The number of rotatable bonds is 4. The molecular weight excluding hydrogens is 879 g/mol. The maximum atomic E-state index is 5.59. The van der Waals surface area contributed by atoms with Gasteiger partial charge in [0.05, 0.1) is 17.7 Å². The number of hydrogen-bond donors (Lipinski definition) is 0. The Labute approximate surface area is 471 Å². The highest BCUT2D eigenvalue weighted by Gasteiger charge is 2.19. The van der Waals surface area contributed by atoms with E-state index in [0.29, 0.717) is 42.7 Å². The van der Waals surface area contributed by atoms with Crippen LogP contribution in [0, 0.1) is 48.7 Å². The highest BCUT2D eigenvalue weighted by molar-refractivity contribution is 8.00. The van der Waals surface area contributed by atoms with Crippen molar-refractivity contribution in [1.82, 2.24) is 0 Å². The molecule has 0 atom stereocenters. The van der Waals surface area contributed by atoms with Crippen molar-refractivity contribution in [3.63, 3.8) is 0 Å². The predicted molar refractivity (Wildman–Crippen MR) is 363 cm³/mol. The normalized spacial score (nSPS) is 11.9. The number of allylic oxidation sites excluding steroid dienone is 2. The molecule has 0 aromatic heterocycles. The van der Waals surface area contributed by atoms with Crippen LogP contribution >= 0.6 is 11.8 Å². The maximum absolute atomic E-state index is 5.59. The van der Waals surface area contributed by atoms with Gasteiger partial charge in [-0.2, -0.15) is 11.8 Å². The third-order valence-electron chi connectivity index (χ3n) is 7.05. The molecule has 0 heterocycles. The summed E-state index contributed by atoms with van der Waals surface area (Å²) in [7, 11) is 0. The van der Waals surface area contributed by atoms with Gasteiger partial charge in [0.25, 0.3) is 0 Å². The molecule has 0 saturated carbocycles. The van der Waals surface area contributed by atoms with Gasteiger partial charge in [-0.25, -0.2) is 0 Å². The van der Waals surface area contributed by atoms with Gasteiger partial charge in [-0.3, -0.25) is 4.99 Å². The van der Waals surface area contributed by atoms with Crippen molar-refractivity contribution in [3.05, 3.63) is 12.2 Å². The fourth-order valence-corrected chi connectivity index (χ4v) is 4.12. The van der Waals surface area contributed by atoms with Gasteiger partial charge >= 0.3 is 0 Å². The molecule has 0 fully saturated rings. The van der Waals surface area contributed by atoms with Crippen LogP contribution in [-0.2, 0) is 4.74 Å². The van der Waals surface area contributed by atoms with Crippen LogP contribution in [0.3, 0.4) is 0 Å². The number of nitrogens with zero attached hydrogens (tertiary/aromatic N) is 1. The molecule has 0 bridgehead atoms. The van der Waals surface area contributed by atoms with E-state index in [4.69, 9.17) is 4.74 Å². The molecule has 71 heavy (non-hydrogen) atoms. The monoisotopic (exact) mass is 1050 g/mol.